The minimum absolute atomic E-state index is 0.00824. The van der Waals surface area contributed by atoms with Crippen molar-refractivity contribution in [3.8, 4) is 0 Å². The molecule has 0 saturated carbocycles. The number of hydrogen-bond donors (Lipinski definition) is 2. The molecular formula is C24H25FN6O2. The minimum Gasteiger partial charge on any atom is -0.336 e. The van der Waals surface area contributed by atoms with Gasteiger partial charge in [-0.1, -0.05) is 12.1 Å². The number of benzene rings is 1. The van der Waals surface area contributed by atoms with Gasteiger partial charge in [0.15, 0.2) is 5.69 Å². The molecule has 9 heteroatoms. The van der Waals surface area contributed by atoms with Crippen molar-refractivity contribution in [2.45, 2.75) is 44.9 Å². The van der Waals surface area contributed by atoms with Gasteiger partial charge in [-0.2, -0.15) is 5.10 Å². The number of carbonyl (C=O) groups excluding carboxylic acids is 2. The predicted molar refractivity (Wildman–Crippen MR) is 120 cm³/mol. The Kier molecular flexibility index (Phi) is 5.62. The Labute approximate surface area is 190 Å². The lowest BCUT2D eigenvalue weighted by Crippen LogP contribution is -2.30. The zero-order chi connectivity index (χ0) is 22.9. The van der Waals surface area contributed by atoms with Gasteiger partial charge in [-0.25, -0.2) is 14.4 Å². The first-order chi connectivity index (χ1) is 16.0. The van der Waals surface area contributed by atoms with Gasteiger partial charge in [-0.3, -0.25) is 14.7 Å². The molecule has 1 atom stereocenters. The van der Waals surface area contributed by atoms with Crippen LogP contribution in [0.3, 0.4) is 0 Å². The Morgan fingerprint density at radius 3 is 2.85 bits per heavy atom. The third kappa shape index (κ3) is 4.10. The van der Waals surface area contributed by atoms with Crippen molar-refractivity contribution in [2.24, 2.45) is 0 Å². The van der Waals surface area contributed by atoms with Gasteiger partial charge in [0, 0.05) is 36.5 Å². The lowest BCUT2D eigenvalue weighted by Gasteiger charge is -2.17. The zero-order valence-electron chi connectivity index (χ0n) is 18.4. The molecule has 3 aromatic rings. The smallest absolute Gasteiger partial charge is 0.274 e. The van der Waals surface area contributed by atoms with Crippen LogP contribution in [0, 0.1) is 12.7 Å². The van der Waals surface area contributed by atoms with Gasteiger partial charge in [0.1, 0.15) is 11.6 Å². The van der Waals surface area contributed by atoms with Gasteiger partial charge in [-0.05, 0) is 51.2 Å². The maximum atomic E-state index is 13.8. The number of aromatic amines is 1. The van der Waals surface area contributed by atoms with Crippen molar-refractivity contribution >= 4 is 17.5 Å². The van der Waals surface area contributed by atoms with Crippen molar-refractivity contribution in [2.75, 3.05) is 18.4 Å². The topological polar surface area (TPSA) is 104 Å². The Balaban J connectivity index is 1.27. The second-order valence-corrected chi connectivity index (χ2v) is 8.63. The van der Waals surface area contributed by atoms with Crippen LogP contribution in [0.5, 0.6) is 0 Å². The number of H-pyrrole nitrogens is 1. The van der Waals surface area contributed by atoms with E-state index in [2.05, 4.69) is 25.5 Å². The third-order valence-electron chi connectivity index (χ3n) is 6.46. The van der Waals surface area contributed by atoms with E-state index in [4.69, 9.17) is 0 Å². The highest BCUT2D eigenvalue weighted by molar-refractivity contribution is 6.04. The molecule has 3 heterocycles. The van der Waals surface area contributed by atoms with Crippen molar-refractivity contribution < 1.29 is 14.0 Å². The van der Waals surface area contributed by atoms with E-state index < -0.39 is 11.7 Å². The Hall–Kier alpha value is -3.62. The molecule has 1 aliphatic heterocycles. The summed E-state index contributed by atoms with van der Waals surface area (Å²) < 4.78 is 13.8. The molecule has 0 bridgehead atoms. The average molecular weight is 449 g/mol. The Morgan fingerprint density at radius 1 is 1.21 bits per heavy atom. The number of aromatic nitrogens is 4. The zero-order valence-corrected chi connectivity index (χ0v) is 18.4. The van der Waals surface area contributed by atoms with Crippen LogP contribution < -0.4 is 5.32 Å². The second kappa shape index (κ2) is 8.73. The summed E-state index contributed by atoms with van der Waals surface area (Å²) in [4.78, 5) is 36.4. The van der Waals surface area contributed by atoms with Crippen molar-refractivity contribution in [1.29, 1.82) is 0 Å². The summed E-state index contributed by atoms with van der Waals surface area (Å²) in [5.74, 6) is -0.416. The molecule has 2 aromatic heterocycles. The molecule has 5 rings (SSSR count). The largest absolute Gasteiger partial charge is 0.336 e. The van der Waals surface area contributed by atoms with Gasteiger partial charge in [0.25, 0.3) is 11.8 Å². The minimum atomic E-state index is -0.505. The fourth-order valence-electron chi connectivity index (χ4n) is 4.62. The maximum Gasteiger partial charge on any atom is 0.274 e. The average Bonchev–Trinajstić information content (AvgIpc) is 3.48. The van der Waals surface area contributed by atoms with E-state index in [1.54, 1.807) is 19.1 Å². The molecule has 170 valence electrons. The molecule has 33 heavy (non-hydrogen) atoms. The Morgan fingerprint density at radius 2 is 2.03 bits per heavy atom. The standard InChI is InChI=1S/C24H25FN6O2/c1-14-17(23(32)28-20-9-5-3-7-18(20)25)12-26-22(27-14)15-10-11-31(13-15)24(33)21-16-6-2-4-8-19(16)29-30-21/h3,5,7,9,12,15H,2,4,6,8,10-11,13H2,1H3,(H,28,32)(H,29,30)/t15-/m0/s1. The van der Waals surface area contributed by atoms with E-state index in [9.17, 15) is 14.0 Å². The first-order valence-electron chi connectivity index (χ1n) is 11.3. The van der Waals surface area contributed by atoms with Crippen LogP contribution in [0.1, 0.15) is 68.8 Å². The summed E-state index contributed by atoms with van der Waals surface area (Å²) in [5, 5.41) is 9.90. The molecule has 1 saturated heterocycles. The third-order valence-corrected chi connectivity index (χ3v) is 6.46. The number of aryl methyl sites for hydroxylation is 2. The normalized spacial score (nSPS) is 17.6. The van der Waals surface area contributed by atoms with Crippen LogP contribution in [-0.4, -0.2) is 50.0 Å². The first-order valence-corrected chi connectivity index (χ1v) is 11.3. The van der Waals surface area contributed by atoms with Gasteiger partial charge < -0.3 is 10.2 Å². The van der Waals surface area contributed by atoms with Crippen LogP contribution >= 0.6 is 0 Å². The fourth-order valence-corrected chi connectivity index (χ4v) is 4.62. The highest BCUT2D eigenvalue weighted by Gasteiger charge is 2.33. The Bertz CT molecular complexity index is 1220. The highest BCUT2D eigenvalue weighted by Crippen LogP contribution is 2.29. The van der Waals surface area contributed by atoms with Gasteiger partial charge in [0.2, 0.25) is 0 Å². The molecule has 1 aliphatic carbocycles. The van der Waals surface area contributed by atoms with Crippen molar-refractivity contribution in [1.82, 2.24) is 25.1 Å². The quantitative estimate of drug-likeness (QED) is 0.637. The molecule has 0 spiro atoms. The van der Waals surface area contributed by atoms with E-state index in [1.165, 1.54) is 18.3 Å². The number of rotatable bonds is 4. The predicted octanol–water partition coefficient (Wildman–Crippen LogP) is 3.41. The number of fused-ring (bicyclic) bond motifs is 1. The summed E-state index contributed by atoms with van der Waals surface area (Å²) in [6.45, 7) is 2.86. The summed E-state index contributed by atoms with van der Waals surface area (Å²) in [7, 11) is 0. The van der Waals surface area contributed by atoms with Gasteiger partial charge >= 0.3 is 0 Å². The number of amides is 2. The molecule has 0 radical (unpaired) electrons. The van der Waals surface area contributed by atoms with Gasteiger partial charge in [0.05, 0.1) is 16.9 Å². The first kappa shape index (κ1) is 21.2. The maximum absolute atomic E-state index is 13.8. The van der Waals surface area contributed by atoms with E-state index in [0.717, 1.165) is 43.4 Å². The second-order valence-electron chi connectivity index (χ2n) is 8.63. The van der Waals surface area contributed by atoms with Crippen LogP contribution in [0.15, 0.2) is 30.5 Å². The van der Waals surface area contributed by atoms with Gasteiger partial charge in [-0.15, -0.1) is 0 Å². The van der Waals surface area contributed by atoms with Crippen LogP contribution in [0.4, 0.5) is 10.1 Å². The van der Waals surface area contributed by atoms with E-state index in [1.807, 2.05) is 4.90 Å². The number of para-hydroxylation sites is 1. The number of hydrogen-bond acceptors (Lipinski definition) is 5. The number of halogens is 1. The highest BCUT2D eigenvalue weighted by atomic mass is 19.1. The molecule has 2 aliphatic rings. The lowest BCUT2D eigenvalue weighted by molar-refractivity contribution is 0.0783. The summed E-state index contributed by atoms with van der Waals surface area (Å²) in [6.07, 6.45) is 6.27. The monoisotopic (exact) mass is 448 g/mol. The molecule has 1 aromatic carbocycles. The van der Waals surface area contributed by atoms with Crippen LogP contribution in [0.2, 0.25) is 0 Å². The number of anilines is 1. The summed E-state index contributed by atoms with van der Waals surface area (Å²) in [6, 6.07) is 5.99. The van der Waals surface area contributed by atoms with Crippen LogP contribution in [0.25, 0.3) is 0 Å². The molecular weight excluding hydrogens is 423 g/mol. The summed E-state index contributed by atoms with van der Waals surface area (Å²) >= 11 is 0. The molecule has 2 amide bonds. The fraction of sp³-hybridized carbons (Fsp3) is 0.375. The van der Waals surface area contributed by atoms with E-state index >= 15 is 0 Å². The molecule has 2 N–H and O–H groups in total. The van der Waals surface area contributed by atoms with Crippen LogP contribution in [-0.2, 0) is 12.8 Å². The number of likely N-dealkylation sites (tertiary alicyclic amines) is 1. The SMILES string of the molecule is Cc1nc([C@H]2CCN(C(=O)c3n[nH]c4c3CCCC4)C2)ncc1C(=O)Nc1ccccc1F. The molecule has 8 nitrogen and oxygen atoms in total. The molecule has 1 fully saturated rings. The number of nitrogens with one attached hydrogen (secondary N) is 2. The lowest BCUT2D eigenvalue weighted by atomic mass is 9.95. The number of carbonyl (C=O) groups is 2. The van der Waals surface area contributed by atoms with Crippen molar-refractivity contribution in [3.05, 3.63) is 70.3 Å². The van der Waals surface area contributed by atoms with Crippen molar-refractivity contribution in [3.63, 3.8) is 0 Å². The van der Waals surface area contributed by atoms with E-state index in [-0.39, 0.29) is 23.1 Å². The van der Waals surface area contributed by atoms with E-state index in [0.29, 0.717) is 30.3 Å². The molecule has 0 unspecified atom stereocenters. The summed E-state index contributed by atoms with van der Waals surface area (Å²) in [5.41, 5.74) is 3.60. The number of nitrogens with zero attached hydrogens (tertiary/aromatic N) is 4.